The van der Waals surface area contributed by atoms with E-state index < -0.39 is 0 Å². The lowest BCUT2D eigenvalue weighted by Crippen LogP contribution is -2.36. The number of fused-ring (bicyclic) bond motifs is 1. The van der Waals surface area contributed by atoms with Gasteiger partial charge in [-0.2, -0.15) is 0 Å². The first-order valence-corrected chi connectivity index (χ1v) is 9.29. The van der Waals surface area contributed by atoms with Crippen LogP contribution in [0, 0.1) is 0 Å². The van der Waals surface area contributed by atoms with Crippen molar-refractivity contribution in [2.45, 2.75) is 19.4 Å². The molecule has 0 fully saturated rings. The second-order valence-electron chi connectivity index (χ2n) is 6.43. The van der Waals surface area contributed by atoms with Crippen molar-refractivity contribution in [1.29, 1.82) is 0 Å². The molecule has 1 aromatic heterocycles. The lowest BCUT2D eigenvalue weighted by atomic mass is 10.0. The molecular weight excluding hydrogens is 360 g/mol. The van der Waals surface area contributed by atoms with Crippen molar-refractivity contribution in [2.24, 2.45) is 0 Å². The average Bonchev–Trinajstić information content (AvgIpc) is 2.72. The zero-order chi connectivity index (χ0) is 18.6. The maximum atomic E-state index is 13.0. The fourth-order valence-corrected chi connectivity index (χ4v) is 3.36. The van der Waals surface area contributed by atoms with Gasteiger partial charge in [0, 0.05) is 30.0 Å². The monoisotopic (exact) mass is 378 g/mol. The standard InChI is InChI=1S/C21H19ClN4O/c22-17-9-7-15(8-10-17)14-24-21-23-12-11-18(25-21)20(27)26-13-3-5-16-4-1-2-6-19(16)26/h1-2,4,6-12H,3,5,13-14H2,(H,23,24,25). The van der Waals surface area contributed by atoms with Gasteiger partial charge in [-0.15, -0.1) is 0 Å². The number of halogens is 1. The number of amides is 1. The summed E-state index contributed by atoms with van der Waals surface area (Å²) in [5.74, 6) is 0.334. The first kappa shape index (κ1) is 17.5. The van der Waals surface area contributed by atoms with Crippen molar-refractivity contribution in [1.82, 2.24) is 9.97 Å². The quantitative estimate of drug-likeness (QED) is 0.733. The van der Waals surface area contributed by atoms with Crippen molar-refractivity contribution in [2.75, 3.05) is 16.8 Å². The van der Waals surface area contributed by atoms with E-state index in [-0.39, 0.29) is 5.91 Å². The summed E-state index contributed by atoms with van der Waals surface area (Å²) in [6, 6.07) is 17.3. The third-order valence-electron chi connectivity index (χ3n) is 4.59. The molecule has 27 heavy (non-hydrogen) atoms. The second-order valence-corrected chi connectivity index (χ2v) is 6.87. The van der Waals surface area contributed by atoms with E-state index in [2.05, 4.69) is 21.4 Å². The van der Waals surface area contributed by atoms with Crippen LogP contribution in [0.2, 0.25) is 5.02 Å². The smallest absolute Gasteiger partial charge is 0.277 e. The molecule has 0 radical (unpaired) electrons. The number of carbonyl (C=O) groups excluding carboxylic acids is 1. The molecule has 1 amide bonds. The van der Waals surface area contributed by atoms with Gasteiger partial charge in [0.25, 0.3) is 5.91 Å². The molecule has 0 spiro atoms. The number of hydrogen-bond acceptors (Lipinski definition) is 4. The number of aromatic nitrogens is 2. The van der Waals surface area contributed by atoms with Gasteiger partial charge in [0.15, 0.2) is 0 Å². The largest absolute Gasteiger partial charge is 0.350 e. The molecule has 0 saturated carbocycles. The Labute approximate surface area is 163 Å². The maximum Gasteiger partial charge on any atom is 0.277 e. The zero-order valence-electron chi connectivity index (χ0n) is 14.7. The summed E-state index contributed by atoms with van der Waals surface area (Å²) in [4.78, 5) is 23.5. The fraction of sp³-hybridized carbons (Fsp3) is 0.190. The molecule has 6 heteroatoms. The van der Waals surface area contributed by atoms with Crippen LogP contribution in [0.5, 0.6) is 0 Å². The maximum absolute atomic E-state index is 13.0. The van der Waals surface area contributed by atoms with E-state index >= 15 is 0 Å². The number of rotatable bonds is 4. The van der Waals surface area contributed by atoms with Crippen molar-refractivity contribution < 1.29 is 4.79 Å². The van der Waals surface area contributed by atoms with Gasteiger partial charge < -0.3 is 10.2 Å². The van der Waals surface area contributed by atoms with Crippen LogP contribution < -0.4 is 10.2 Å². The summed E-state index contributed by atoms with van der Waals surface area (Å²) < 4.78 is 0. The molecule has 0 saturated heterocycles. The predicted octanol–water partition coefficient (Wildman–Crippen LogP) is 4.34. The lowest BCUT2D eigenvalue weighted by Gasteiger charge is -2.29. The van der Waals surface area contributed by atoms with E-state index in [9.17, 15) is 4.79 Å². The molecule has 4 rings (SSSR count). The van der Waals surface area contributed by atoms with Gasteiger partial charge in [-0.3, -0.25) is 4.79 Å². The third-order valence-corrected chi connectivity index (χ3v) is 4.85. The van der Waals surface area contributed by atoms with Crippen LogP contribution >= 0.6 is 11.6 Å². The molecular formula is C21H19ClN4O. The molecule has 2 aromatic carbocycles. The summed E-state index contributed by atoms with van der Waals surface area (Å²) in [5.41, 5.74) is 3.63. The molecule has 1 N–H and O–H groups in total. The van der Waals surface area contributed by atoms with Crippen molar-refractivity contribution in [3.05, 3.63) is 82.6 Å². The molecule has 1 aliphatic heterocycles. The molecule has 3 aromatic rings. The summed E-state index contributed by atoms with van der Waals surface area (Å²) in [6.07, 6.45) is 3.56. The normalized spacial score (nSPS) is 13.1. The predicted molar refractivity (Wildman–Crippen MR) is 107 cm³/mol. The minimum absolute atomic E-state index is 0.0981. The van der Waals surface area contributed by atoms with E-state index in [1.165, 1.54) is 5.56 Å². The Kier molecular flexibility index (Phi) is 5.03. The lowest BCUT2D eigenvalue weighted by molar-refractivity contribution is 0.0980. The highest BCUT2D eigenvalue weighted by Crippen LogP contribution is 2.27. The summed E-state index contributed by atoms with van der Waals surface area (Å²) in [6.45, 7) is 1.26. The summed E-state index contributed by atoms with van der Waals surface area (Å²) >= 11 is 5.91. The molecule has 2 heterocycles. The summed E-state index contributed by atoms with van der Waals surface area (Å²) in [7, 11) is 0. The SMILES string of the molecule is O=C(c1ccnc(NCc2ccc(Cl)cc2)n1)N1CCCc2ccccc21. The van der Waals surface area contributed by atoms with Crippen molar-refractivity contribution >= 4 is 29.1 Å². The molecule has 5 nitrogen and oxygen atoms in total. The van der Waals surface area contributed by atoms with Crippen LogP contribution in [-0.4, -0.2) is 22.4 Å². The minimum atomic E-state index is -0.0981. The molecule has 0 bridgehead atoms. The van der Waals surface area contributed by atoms with Gasteiger partial charge in [0.2, 0.25) is 5.95 Å². The highest BCUT2D eigenvalue weighted by molar-refractivity contribution is 6.30. The van der Waals surface area contributed by atoms with Gasteiger partial charge >= 0.3 is 0 Å². The third kappa shape index (κ3) is 3.93. The second kappa shape index (κ2) is 7.76. The number of para-hydroxylation sites is 1. The zero-order valence-corrected chi connectivity index (χ0v) is 15.5. The van der Waals surface area contributed by atoms with Gasteiger partial charge in [0.05, 0.1) is 0 Å². The van der Waals surface area contributed by atoms with E-state index in [0.29, 0.717) is 29.8 Å². The molecule has 0 aliphatic carbocycles. The Balaban J connectivity index is 1.51. The Morgan fingerprint density at radius 1 is 1.11 bits per heavy atom. The molecule has 0 unspecified atom stereocenters. The van der Waals surface area contributed by atoms with E-state index in [4.69, 9.17) is 11.6 Å². The number of anilines is 2. The minimum Gasteiger partial charge on any atom is -0.350 e. The van der Waals surface area contributed by atoms with Crippen LogP contribution in [0.4, 0.5) is 11.6 Å². The van der Waals surface area contributed by atoms with Crippen LogP contribution in [0.15, 0.2) is 60.8 Å². The number of aryl methyl sites for hydroxylation is 1. The number of carbonyl (C=O) groups is 1. The molecule has 0 atom stereocenters. The van der Waals surface area contributed by atoms with E-state index in [1.54, 1.807) is 12.3 Å². The van der Waals surface area contributed by atoms with Crippen molar-refractivity contribution in [3.63, 3.8) is 0 Å². The van der Waals surface area contributed by atoms with Gasteiger partial charge in [-0.05, 0) is 48.2 Å². The van der Waals surface area contributed by atoms with Crippen LogP contribution in [0.1, 0.15) is 28.0 Å². The first-order valence-electron chi connectivity index (χ1n) is 8.92. The number of nitrogens with zero attached hydrogens (tertiary/aromatic N) is 3. The van der Waals surface area contributed by atoms with Crippen LogP contribution in [0.3, 0.4) is 0 Å². The molecule has 1 aliphatic rings. The molecule has 136 valence electrons. The van der Waals surface area contributed by atoms with Crippen LogP contribution in [0.25, 0.3) is 0 Å². The van der Waals surface area contributed by atoms with Gasteiger partial charge in [0.1, 0.15) is 5.69 Å². The number of hydrogen-bond donors (Lipinski definition) is 1. The van der Waals surface area contributed by atoms with E-state index in [1.807, 2.05) is 47.4 Å². The highest BCUT2D eigenvalue weighted by Gasteiger charge is 2.24. The van der Waals surface area contributed by atoms with Crippen molar-refractivity contribution in [3.8, 4) is 0 Å². The Hall–Kier alpha value is -2.92. The number of benzene rings is 2. The topological polar surface area (TPSA) is 58.1 Å². The average molecular weight is 379 g/mol. The Bertz CT molecular complexity index is 958. The first-order chi connectivity index (χ1) is 13.2. The Morgan fingerprint density at radius 3 is 2.78 bits per heavy atom. The summed E-state index contributed by atoms with van der Waals surface area (Å²) in [5, 5.41) is 3.86. The fourth-order valence-electron chi connectivity index (χ4n) is 3.23. The van der Waals surface area contributed by atoms with E-state index in [0.717, 1.165) is 24.1 Å². The van der Waals surface area contributed by atoms with Gasteiger partial charge in [-0.1, -0.05) is 41.9 Å². The highest BCUT2D eigenvalue weighted by atomic mass is 35.5. The number of nitrogens with one attached hydrogen (secondary N) is 1. The van der Waals surface area contributed by atoms with Gasteiger partial charge in [-0.25, -0.2) is 9.97 Å². The Morgan fingerprint density at radius 2 is 1.93 bits per heavy atom. The van der Waals surface area contributed by atoms with Crippen LogP contribution in [-0.2, 0) is 13.0 Å².